The summed E-state index contributed by atoms with van der Waals surface area (Å²) in [5, 5.41) is 12.0. The van der Waals surface area contributed by atoms with Gasteiger partial charge in [-0.05, 0) is 6.92 Å². The van der Waals surface area contributed by atoms with Crippen LogP contribution in [0.25, 0.3) is 0 Å². The first-order valence-corrected chi connectivity index (χ1v) is 5.48. The zero-order chi connectivity index (χ0) is 13.7. The first-order chi connectivity index (χ1) is 8.40. The fraction of sp³-hybridized carbons (Fsp3) is 0.375. The van der Waals surface area contributed by atoms with Gasteiger partial charge in [0.2, 0.25) is 11.5 Å². The molecule has 0 spiro atoms. The number of anilines is 1. The second kappa shape index (κ2) is 5.91. The first kappa shape index (κ1) is 13.8. The molecule has 0 aliphatic rings. The number of hydrogen-bond acceptors (Lipinski definition) is 8. The maximum Gasteiger partial charge on any atom is 0.307 e. The molecule has 0 fully saturated rings. The van der Waals surface area contributed by atoms with E-state index in [1.807, 2.05) is 0 Å². The average molecular weight is 272 g/mol. The Bertz CT molecular complexity index is 486. The van der Waals surface area contributed by atoms with Gasteiger partial charge in [0.15, 0.2) is 5.13 Å². The number of nitrogens with one attached hydrogen (secondary N) is 1. The third-order valence-electron chi connectivity index (χ3n) is 1.65. The van der Waals surface area contributed by atoms with Crippen LogP contribution in [0.3, 0.4) is 0 Å². The van der Waals surface area contributed by atoms with Crippen LogP contribution in [0.4, 0.5) is 5.13 Å². The molecular weight excluding hydrogens is 262 g/mol. The largest absolute Gasteiger partial charge is 0.481 e. The molecule has 1 rings (SSSR count). The lowest BCUT2D eigenvalue weighted by Crippen LogP contribution is -2.20. The Balaban J connectivity index is 2.80. The molecule has 1 aromatic heterocycles. The maximum atomic E-state index is 11.0. The summed E-state index contributed by atoms with van der Waals surface area (Å²) in [5.41, 5.74) is 11.9. The topological polar surface area (TPSA) is 152 Å². The van der Waals surface area contributed by atoms with Crippen molar-refractivity contribution >= 4 is 34.3 Å². The number of rotatable bonds is 6. The number of carbonyl (C=O) groups excluding carboxylic acids is 1. The van der Waals surface area contributed by atoms with Gasteiger partial charge in [0, 0.05) is 11.5 Å². The fourth-order valence-corrected chi connectivity index (χ4v) is 1.38. The molecule has 1 heterocycles. The van der Waals surface area contributed by atoms with E-state index in [9.17, 15) is 9.59 Å². The van der Waals surface area contributed by atoms with Crippen molar-refractivity contribution in [1.82, 2.24) is 15.1 Å². The first-order valence-electron chi connectivity index (χ1n) is 4.71. The van der Waals surface area contributed by atoms with E-state index in [1.54, 1.807) is 0 Å². The summed E-state index contributed by atoms with van der Waals surface area (Å²) >= 11 is 0.846. The molecule has 0 bridgehead atoms. The summed E-state index contributed by atoms with van der Waals surface area (Å²) in [6.45, 7) is 1.46. The van der Waals surface area contributed by atoms with Crippen molar-refractivity contribution < 1.29 is 19.5 Å². The van der Waals surface area contributed by atoms with Crippen molar-refractivity contribution in [3.05, 3.63) is 5.82 Å². The number of aliphatic carboxylic acids is 1. The van der Waals surface area contributed by atoms with Crippen molar-refractivity contribution in [2.45, 2.75) is 19.4 Å². The summed E-state index contributed by atoms with van der Waals surface area (Å²) < 4.78 is 3.71. The highest BCUT2D eigenvalue weighted by Crippen LogP contribution is 2.08. The molecular formula is C8H10N5O4S. The van der Waals surface area contributed by atoms with Crippen LogP contribution in [0.2, 0.25) is 0 Å². The Morgan fingerprint density at radius 2 is 2.33 bits per heavy atom. The average Bonchev–Trinajstić information content (AvgIpc) is 2.63. The van der Waals surface area contributed by atoms with E-state index < -0.39 is 23.7 Å². The van der Waals surface area contributed by atoms with E-state index in [-0.39, 0.29) is 17.4 Å². The normalized spacial score (nSPS) is 13.1. The molecule has 97 valence electrons. The van der Waals surface area contributed by atoms with Gasteiger partial charge < -0.3 is 15.7 Å². The Morgan fingerprint density at radius 3 is 2.78 bits per heavy atom. The molecule has 1 amide bonds. The maximum absolute atomic E-state index is 11.0. The quantitative estimate of drug-likeness (QED) is 0.523. The van der Waals surface area contributed by atoms with E-state index >= 15 is 0 Å². The number of amides is 1. The van der Waals surface area contributed by atoms with Crippen molar-refractivity contribution in [1.29, 1.82) is 0 Å². The molecule has 4 N–H and O–H groups in total. The molecule has 1 radical (unpaired) electrons. The highest BCUT2D eigenvalue weighted by atomic mass is 32.1. The molecule has 0 saturated carbocycles. The van der Waals surface area contributed by atoms with Crippen LogP contribution in [0.15, 0.2) is 5.16 Å². The van der Waals surface area contributed by atoms with Crippen LogP contribution in [-0.4, -0.2) is 38.2 Å². The molecule has 10 heteroatoms. The van der Waals surface area contributed by atoms with Gasteiger partial charge in [0.05, 0.1) is 6.42 Å². The SMILES string of the molecule is CC(CC(=O)O)ON=C(C([NH])=O)c1nsc(N)n1. The zero-order valence-corrected chi connectivity index (χ0v) is 10.1. The fourth-order valence-electron chi connectivity index (χ4n) is 0.941. The van der Waals surface area contributed by atoms with Crippen molar-refractivity contribution in [3.63, 3.8) is 0 Å². The summed E-state index contributed by atoms with van der Waals surface area (Å²) in [5.74, 6) is -2.32. The molecule has 1 aromatic rings. The number of carbonyl (C=O) groups is 2. The van der Waals surface area contributed by atoms with E-state index in [0.29, 0.717) is 0 Å². The molecule has 1 unspecified atom stereocenters. The summed E-state index contributed by atoms with van der Waals surface area (Å²) in [6.07, 6.45) is -1.02. The number of hydrogen-bond donors (Lipinski definition) is 2. The second-order valence-electron chi connectivity index (χ2n) is 3.24. The lowest BCUT2D eigenvalue weighted by atomic mass is 10.3. The van der Waals surface area contributed by atoms with E-state index in [2.05, 4.69) is 14.5 Å². The molecule has 0 aliphatic carbocycles. The van der Waals surface area contributed by atoms with Crippen LogP contribution in [-0.2, 0) is 14.4 Å². The van der Waals surface area contributed by atoms with Crippen LogP contribution in [0, 0.1) is 0 Å². The Hall–Kier alpha value is -2.23. The van der Waals surface area contributed by atoms with E-state index in [0.717, 1.165) is 11.5 Å². The van der Waals surface area contributed by atoms with Gasteiger partial charge in [-0.2, -0.15) is 9.36 Å². The van der Waals surface area contributed by atoms with Crippen LogP contribution >= 0.6 is 11.5 Å². The predicted molar refractivity (Wildman–Crippen MR) is 61.8 cm³/mol. The van der Waals surface area contributed by atoms with Crippen molar-refractivity contribution in [2.24, 2.45) is 5.16 Å². The minimum absolute atomic E-state index is 0.111. The van der Waals surface area contributed by atoms with Crippen LogP contribution < -0.4 is 11.5 Å². The van der Waals surface area contributed by atoms with Gasteiger partial charge in [-0.15, -0.1) is 0 Å². The van der Waals surface area contributed by atoms with E-state index in [4.69, 9.17) is 21.4 Å². The van der Waals surface area contributed by atoms with Crippen molar-refractivity contribution in [3.8, 4) is 0 Å². The number of aromatic nitrogens is 2. The Kier molecular flexibility index (Phi) is 4.54. The standard InChI is InChI=1S/C8H10N5O4S/c1-3(2-4(14)15)17-12-5(6(9)16)7-11-8(10)18-13-7/h3,9H,2H2,1H3,(H,14,15)(H2,10,11,13). The highest BCUT2D eigenvalue weighted by Gasteiger charge is 2.18. The number of carboxylic acids is 1. The molecule has 0 aromatic carbocycles. The monoisotopic (exact) mass is 272 g/mol. The van der Waals surface area contributed by atoms with Gasteiger partial charge in [-0.1, -0.05) is 5.16 Å². The van der Waals surface area contributed by atoms with Crippen LogP contribution in [0.1, 0.15) is 19.2 Å². The minimum atomic E-state index is -1.14. The number of oxime groups is 1. The Morgan fingerprint density at radius 1 is 1.67 bits per heavy atom. The number of nitrogen functional groups attached to an aromatic ring is 1. The molecule has 1 atom stereocenters. The highest BCUT2D eigenvalue weighted by molar-refractivity contribution is 7.09. The van der Waals surface area contributed by atoms with Crippen molar-refractivity contribution in [2.75, 3.05) is 5.73 Å². The zero-order valence-electron chi connectivity index (χ0n) is 9.28. The summed E-state index contributed by atoms with van der Waals surface area (Å²) in [7, 11) is 0. The third-order valence-corrected chi connectivity index (χ3v) is 2.20. The molecule has 18 heavy (non-hydrogen) atoms. The molecule has 0 saturated heterocycles. The smallest absolute Gasteiger partial charge is 0.307 e. The number of carboxylic acid groups (broad SMARTS) is 1. The predicted octanol–water partition coefficient (Wildman–Crippen LogP) is -0.486. The minimum Gasteiger partial charge on any atom is -0.481 e. The summed E-state index contributed by atoms with van der Waals surface area (Å²) in [4.78, 5) is 29.9. The van der Waals surface area contributed by atoms with Gasteiger partial charge in [-0.25, -0.2) is 0 Å². The van der Waals surface area contributed by atoms with Gasteiger partial charge in [0.25, 0.3) is 5.91 Å². The lowest BCUT2D eigenvalue weighted by molar-refractivity contribution is -0.139. The summed E-state index contributed by atoms with van der Waals surface area (Å²) in [6, 6.07) is 0. The lowest BCUT2D eigenvalue weighted by Gasteiger charge is -2.06. The molecule has 9 nitrogen and oxygen atoms in total. The van der Waals surface area contributed by atoms with Gasteiger partial charge in [-0.3, -0.25) is 15.3 Å². The van der Waals surface area contributed by atoms with Crippen LogP contribution in [0.5, 0.6) is 0 Å². The third kappa shape index (κ3) is 3.97. The second-order valence-corrected chi connectivity index (χ2v) is 4.02. The number of nitrogens with two attached hydrogens (primary N) is 1. The Labute approximate surface area is 106 Å². The van der Waals surface area contributed by atoms with Gasteiger partial charge >= 0.3 is 5.97 Å². The molecule has 0 aliphatic heterocycles. The van der Waals surface area contributed by atoms with E-state index in [1.165, 1.54) is 6.92 Å². The number of nitrogens with zero attached hydrogens (tertiary/aromatic N) is 3. The van der Waals surface area contributed by atoms with Gasteiger partial charge in [0.1, 0.15) is 6.10 Å².